The molecule has 3 aromatic heterocycles. The van der Waals surface area contributed by atoms with Crippen molar-refractivity contribution < 1.29 is 62.8 Å². The van der Waals surface area contributed by atoms with E-state index in [1.54, 1.807) is 13.0 Å². The van der Waals surface area contributed by atoms with Crippen LogP contribution in [0.4, 0.5) is 0 Å². The van der Waals surface area contributed by atoms with E-state index in [4.69, 9.17) is 35.4 Å². The van der Waals surface area contributed by atoms with Gasteiger partial charge in [0.05, 0.1) is 48.5 Å². The van der Waals surface area contributed by atoms with Crippen LogP contribution >= 0.6 is 11.8 Å². The zero-order chi connectivity index (χ0) is 55.0. The van der Waals surface area contributed by atoms with Crippen LogP contribution in [0.1, 0.15) is 115 Å². The number of carbonyl (C=O) groups excluding carboxylic acids is 7. The van der Waals surface area contributed by atoms with Gasteiger partial charge in [-0.05, 0) is 80.5 Å². The van der Waals surface area contributed by atoms with Crippen LogP contribution in [0.3, 0.4) is 0 Å². The number of likely N-dealkylation sites (tertiary alicyclic amines) is 1. The average molecular weight is 1050 g/mol. The number of carboxylic acid groups (broad SMARTS) is 2. The maximum atomic E-state index is 14.8. The van der Waals surface area contributed by atoms with E-state index in [2.05, 4.69) is 32.5 Å². The molecule has 0 aliphatic carbocycles. The third-order valence-corrected chi connectivity index (χ3v) is 15.0. The number of aryl methyl sites for hydroxylation is 3. The number of H-pyrrole nitrogens is 2. The van der Waals surface area contributed by atoms with E-state index in [9.17, 15) is 43.2 Å². The number of rotatable bonds is 22. The Morgan fingerprint density at radius 1 is 0.933 bits per heavy atom. The second-order valence-corrected chi connectivity index (χ2v) is 19.7. The van der Waals surface area contributed by atoms with Crippen LogP contribution < -0.4 is 21.7 Å². The standard InChI is InChI=1S/C52H63N9O13S/c1-9-28-24(3)33-18-35-26(5)30(11-14-44(66)73-7)47(59-35)31(17-45(67)74-8)48-46(27(6)36(60-48)20-38-29(10-2)25(4)34(57-38)19-37(28)56-33)50(69)54-15-16-61-42(63)21-40(51(61)70)75-23-39(49(68)55-22-43(64)65)58-41(62)13-12-32(53)52(71)72/h9,18-20,26,30,32,39-40,56-57H,1,10-17,21-23,53H2,2-8H3,(H,54,69)(H,55,68)(H,58,62)(H,64,65)(H,71,72)/t26-,30-,32-,39-,40?/m0/s1. The highest BCUT2D eigenvalue weighted by atomic mass is 32.2. The lowest BCUT2D eigenvalue weighted by Crippen LogP contribution is -2.50. The number of nitrogens with zero attached hydrogens (tertiary/aromatic N) is 3. The highest BCUT2D eigenvalue weighted by Gasteiger charge is 2.40. The molecule has 1 unspecified atom stereocenters. The number of thioether (sulfide) groups is 1. The van der Waals surface area contributed by atoms with E-state index in [-0.39, 0.29) is 74.6 Å². The molecule has 8 bridgehead atoms. The van der Waals surface area contributed by atoms with Crippen molar-refractivity contribution in [3.05, 3.63) is 75.4 Å². The van der Waals surface area contributed by atoms with E-state index >= 15 is 0 Å². The summed E-state index contributed by atoms with van der Waals surface area (Å²) in [4.78, 5) is 134. The van der Waals surface area contributed by atoms with E-state index < -0.39 is 83.2 Å². The summed E-state index contributed by atoms with van der Waals surface area (Å²) < 4.78 is 10.2. The van der Waals surface area contributed by atoms with Crippen LogP contribution in [-0.4, -0.2) is 145 Å². The zero-order valence-corrected chi connectivity index (χ0v) is 43.7. The predicted molar refractivity (Wildman–Crippen MR) is 279 cm³/mol. The van der Waals surface area contributed by atoms with Gasteiger partial charge >= 0.3 is 23.9 Å². The molecule has 75 heavy (non-hydrogen) atoms. The molecular weight excluding hydrogens is 991 g/mol. The van der Waals surface area contributed by atoms with Crippen LogP contribution in [0.5, 0.6) is 0 Å². The summed E-state index contributed by atoms with van der Waals surface area (Å²) in [6, 6.07) is 3.10. The third-order valence-electron chi connectivity index (χ3n) is 13.7. The first kappa shape index (κ1) is 56.6. The van der Waals surface area contributed by atoms with Gasteiger partial charge in [0.25, 0.3) is 5.91 Å². The maximum absolute atomic E-state index is 14.8. The lowest BCUT2D eigenvalue weighted by molar-refractivity contribution is -0.141. The predicted octanol–water partition coefficient (Wildman–Crippen LogP) is 3.48. The molecule has 5 atom stereocenters. The van der Waals surface area contributed by atoms with Gasteiger partial charge in [0.2, 0.25) is 23.6 Å². The Bertz CT molecular complexity index is 3050. The van der Waals surface area contributed by atoms with E-state index in [0.29, 0.717) is 34.6 Å². The number of allylic oxidation sites excluding steroid dienone is 1. The van der Waals surface area contributed by atoms with Crippen molar-refractivity contribution in [1.29, 1.82) is 0 Å². The molecule has 3 aliphatic rings. The number of aromatic amines is 2. The minimum atomic E-state index is -1.37. The summed E-state index contributed by atoms with van der Waals surface area (Å²) in [5.41, 5.74) is 15.0. The molecule has 3 aromatic rings. The van der Waals surface area contributed by atoms with Crippen LogP contribution in [0, 0.1) is 13.8 Å². The summed E-state index contributed by atoms with van der Waals surface area (Å²) in [6.07, 6.45) is 1.48. The molecule has 6 rings (SSSR count). The fourth-order valence-corrected chi connectivity index (χ4v) is 10.6. The minimum Gasteiger partial charge on any atom is -0.480 e. The Morgan fingerprint density at radius 2 is 1.63 bits per heavy atom. The summed E-state index contributed by atoms with van der Waals surface area (Å²) >= 11 is 0.880. The maximum Gasteiger partial charge on any atom is 0.322 e. The number of methoxy groups -OCH3 is 2. The van der Waals surface area contributed by atoms with Crippen molar-refractivity contribution in [2.24, 2.45) is 5.73 Å². The summed E-state index contributed by atoms with van der Waals surface area (Å²) in [7, 11) is 2.55. The van der Waals surface area contributed by atoms with Crippen molar-refractivity contribution in [3.8, 4) is 0 Å². The number of nitrogens with one attached hydrogen (secondary N) is 5. The lowest BCUT2D eigenvalue weighted by atomic mass is 9.84. The highest BCUT2D eigenvalue weighted by Crippen LogP contribution is 2.44. The van der Waals surface area contributed by atoms with Crippen LogP contribution in [-0.2, 0) is 65.5 Å². The number of hydrogen-bond acceptors (Lipinski definition) is 15. The van der Waals surface area contributed by atoms with Gasteiger partial charge in [-0.1, -0.05) is 26.5 Å². The first-order valence-electron chi connectivity index (χ1n) is 24.4. The second kappa shape index (κ2) is 24.6. The quantitative estimate of drug-likeness (QED) is 0.0527. The zero-order valence-electron chi connectivity index (χ0n) is 42.9. The summed E-state index contributed by atoms with van der Waals surface area (Å²) in [6.45, 7) is 12.6. The van der Waals surface area contributed by atoms with Gasteiger partial charge in [-0.3, -0.25) is 53.0 Å². The number of esters is 2. The van der Waals surface area contributed by atoms with Crippen LogP contribution in [0.15, 0.2) is 24.8 Å². The Kier molecular flexibility index (Phi) is 18.6. The van der Waals surface area contributed by atoms with Gasteiger partial charge in [0.1, 0.15) is 18.6 Å². The van der Waals surface area contributed by atoms with Crippen molar-refractivity contribution in [2.75, 3.05) is 39.6 Å². The number of carbonyl (C=O) groups is 9. The van der Waals surface area contributed by atoms with E-state index in [1.807, 2.05) is 45.9 Å². The van der Waals surface area contributed by atoms with Crippen molar-refractivity contribution in [3.63, 3.8) is 0 Å². The monoisotopic (exact) mass is 1050 g/mol. The number of amides is 5. The first-order chi connectivity index (χ1) is 35.6. The van der Waals surface area contributed by atoms with Gasteiger partial charge in [0.15, 0.2) is 0 Å². The molecule has 1 saturated heterocycles. The number of imide groups is 1. The smallest absolute Gasteiger partial charge is 0.322 e. The Morgan fingerprint density at radius 3 is 2.28 bits per heavy atom. The van der Waals surface area contributed by atoms with Gasteiger partial charge in [-0.2, -0.15) is 0 Å². The molecule has 6 heterocycles. The fourth-order valence-electron chi connectivity index (χ4n) is 9.45. The van der Waals surface area contributed by atoms with Gasteiger partial charge in [-0.15, -0.1) is 11.8 Å². The Hall–Kier alpha value is -7.66. The third kappa shape index (κ3) is 12.8. The molecule has 0 spiro atoms. The number of aliphatic carboxylic acids is 2. The van der Waals surface area contributed by atoms with Gasteiger partial charge in [0, 0.05) is 88.8 Å². The molecule has 0 saturated carbocycles. The SMILES string of the molecule is C=Cc1c(C)c2cc3nc(c(CC(=O)OC)c4nc(cc5[nH]c(cc1[nH]2)c(C)c5CC)C(C)=C4C(=O)NCCN1C(=O)CC(SC[C@H](NC(=O)CC[C@H](N)C(=O)O)C(=O)NCC(=O)O)C1=O)[C@@H](CCC(=O)OC)[C@@H]3C. The number of fused-ring (bicyclic) bond motifs is 8. The minimum absolute atomic E-state index is 0.0246. The second-order valence-electron chi connectivity index (χ2n) is 18.4. The average Bonchev–Trinajstić information content (AvgIpc) is 4.12. The molecule has 0 aromatic carbocycles. The fraction of sp³-hybridized carbons (Fsp3) is 0.442. The van der Waals surface area contributed by atoms with Crippen molar-refractivity contribution >= 4 is 104 Å². The van der Waals surface area contributed by atoms with Crippen LogP contribution in [0.2, 0.25) is 0 Å². The lowest BCUT2D eigenvalue weighted by Gasteiger charge is -2.20. The van der Waals surface area contributed by atoms with Crippen LogP contribution in [0.25, 0.3) is 39.3 Å². The van der Waals surface area contributed by atoms with E-state index in [1.165, 1.54) is 14.2 Å². The number of ether oxygens (including phenoxy) is 2. The van der Waals surface area contributed by atoms with Gasteiger partial charge in [-0.25, -0.2) is 4.98 Å². The molecule has 23 heteroatoms. The number of hydrogen-bond donors (Lipinski definition) is 8. The van der Waals surface area contributed by atoms with Crippen molar-refractivity contribution in [1.82, 2.24) is 40.8 Å². The largest absolute Gasteiger partial charge is 0.480 e. The molecule has 0 radical (unpaired) electrons. The molecule has 5 amide bonds. The molecular formula is C52H63N9O13S. The Balaban J connectivity index is 1.37. The number of carboxylic acids is 2. The molecule has 1 fully saturated rings. The number of nitrogens with two attached hydrogens (primary N) is 1. The molecule has 3 aliphatic heterocycles. The first-order valence-corrected chi connectivity index (χ1v) is 25.4. The molecule has 9 N–H and O–H groups in total. The van der Waals surface area contributed by atoms with E-state index in [0.717, 1.165) is 61.0 Å². The number of aromatic nitrogens is 4. The summed E-state index contributed by atoms with van der Waals surface area (Å²) in [5, 5.41) is 24.6. The molecule has 22 nitrogen and oxygen atoms in total. The van der Waals surface area contributed by atoms with Gasteiger partial charge < -0.3 is 51.3 Å². The highest BCUT2D eigenvalue weighted by molar-refractivity contribution is 8.00. The van der Waals surface area contributed by atoms with Crippen molar-refractivity contribution in [2.45, 2.75) is 109 Å². The normalized spacial score (nSPS) is 17.1. The summed E-state index contributed by atoms with van der Waals surface area (Å²) in [5.74, 6) is -8.27. The Labute approximate surface area is 436 Å². The molecule has 400 valence electrons. The topological polar surface area (TPSA) is 335 Å².